The van der Waals surface area contributed by atoms with Gasteiger partial charge in [-0.2, -0.15) is 5.10 Å². The highest BCUT2D eigenvalue weighted by Crippen LogP contribution is 2.20. The zero-order chi connectivity index (χ0) is 10.8. The van der Waals surface area contributed by atoms with Gasteiger partial charge < -0.3 is 14.8 Å². The van der Waals surface area contributed by atoms with Crippen LogP contribution in [0.2, 0.25) is 0 Å². The van der Waals surface area contributed by atoms with Crippen molar-refractivity contribution in [1.29, 1.82) is 0 Å². The van der Waals surface area contributed by atoms with Crippen molar-refractivity contribution in [3.8, 4) is 5.88 Å². The highest BCUT2D eigenvalue weighted by molar-refractivity contribution is 5.91. The fraction of sp³-hybridized carbons (Fsp3) is 0.556. The maximum atomic E-state index is 11.4. The van der Waals surface area contributed by atoms with Crippen molar-refractivity contribution in [1.82, 2.24) is 15.1 Å². The minimum Gasteiger partial charge on any atom is -0.471 e. The standard InChI is InChI=1S/C9H13N3O3/c1-12-8(15-6-3-10-4-6)7(5-11-12)9(13)14-2/h5-6,10H,3-4H2,1-2H3. The van der Waals surface area contributed by atoms with E-state index in [9.17, 15) is 4.79 Å². The molecule has 1 saturated heterocycles. The third kappa shape index (κ3) is 1.80. The van der Waals surface area contributed by atoms with E-state index in [-0.39, 0.29) is 6.10 Å². The zero-order valence-corrected chi connectivity index (χ0v) is 8.69. The van der Waals surface area contributed by atoms with Crippen LogP contribution in [0.5, 0.6) is 5.88 Å². The van der Waals surface area contributed by atoms with Gasteiger partial charge in [0.15, 0.2) is 0 Å². The van der Waals surface area contributed by atoms with Crippen LogP contribution in [0.3, 0.4) is 0 Å². The van der Waals surface area contributed by atoms with Gasteiger partial charge in [0.25, 0.3) is 0 Å². The first-order chi connectivity index (χ1) is 7.22. The van der Waals surface area contributed by atoms with Crippen LogP contribution in [0, 0.1) is 0 Å². The number of carbonyl (C=O) groups is 1. The molecule has 82 valence electrons. The quantitative estimate of drug-likeness (QED) is 0.686. The molecule has 0 bridgehead atoms. The average Bonchev–Trinajstić information content (AvgIpc) is 2.52. The number of nitrogens with one attached hydrogen (secondary N) is 1. The van der Waals surface area contributed by atoms with Gasteiger partial charge in [-0.3, -0.25) is 0 Å². The Labute approximate surface area is 87.2 Å². The summed E-state index contributed by atoms with van der Waals surface area (Å²) < 4.78 is 11.8. The molecule has 2 heterocycles. The average molecular weight is 211 g/mol. The lowest BCUT2D eigenvalue weighted by molar-refractivity contribution is 0.0586. The van der Waals surface area contributed by atoms with Crippen molar-refractivity contribution in [2.75, 3.05) is 20.2 Å². The third-order valence-corrected chi connectivity index (χ3v) is 2.31. The van der Waals surface area contributed by atoms with Crippen molar-refractivity contribution in [3.05, 3.63) is 11.8 Å². The van der Waals surface area contributed by atoms with Crippen LogP contribution in [-0.2, 0) is 11.8 Å². The summed E-state index contributed by atoms with van der Waals surface area (Å²) in [6.45, 7) is 1.59. The van der Waals surface area contributed by atoms with E-state index in [1.54, 1.807) is 7.05 Å². The van der Waals surface area contributed by atoms with E-state index < -0.39 is 5.97 Å². The van der Waals surface area contributed by atoms with E-state index in [1.165, 1.54) is 18.0 Å². The molecule has 0 saturated carbocycles. The molecule has 0 aliphatic carbocycles. The minimum absolute atomic E-state index is 0.115. The van der Waals surface area contributed by atoms with E-state index in [4.69, 9.17) is 4.74 Å². The molecule has 6 nitrogen and oxygen atoms in total. The van der Waals surface area contributed by atoms with Crippen LogP contribution in [0.15, 0.2) is 6.20 Å². The van der Waals surface area contributed by atoms with E-state index in [0.29, 0.717) is 11.4 Å². The van der Waals surface area contributed by atoms with Gasteiger partial charge in [-0.05, 0) is 0 Å². The van der Waals surface area contributed by atoms with Crippen LogP contribution < -0.4 is 10.1 Å². The van der Waals surface area contributed by atoms with Gasteiger partial charge in [-0.25, -0.2) is 9.48 Å². The number of hydrogen-bond acceptors (Lipinski definition) is 5. The van der Waals surface area contributed by atoms with Crippen LogP contribution in [0.25, 0.3) is 0 Å². The molecule has 2 rings (SSSR count). The van der Waals surface area contributed by atoms with Gasteiger partial charge in [0.1, 0.15) is 11.7 Å². The molecule has 0 unspecified atom stereocenters. The lowest BCUT2D eigenvalue weighted by atomic mass is 10.2. The summed E-state index contributed by atoms with van der Waals surface area (Å²) in [5.41, 5.74) is 0.368. The molecule has 0 spiro atoms. The summed E-state index contributed by atoms with van der Waals surface area (Å²) in [6.07, 6.45) is 1.57. The number of methoxy groups -OCH3 is 1. The number of aryl methyl sites for hydroxylation is 1. The molecule has 15 heavy (non-hydrogen) atoms. The fourth-order valence-electron chi connectivity index (χ4n) is 1.32. The van der Waals surface area contributed by atoms with Gasteiger partial charge in [-0.1, -0.05) is 0 Å². The van der Waals surface area contributed by atoms with Crippen molar-refractivity contribution in [3.63, 3.8) is 0 Å². The topological polar surface area (TPSA) is 65.4 Å². The second kappa shape index (κ2) is 3.90. The summed E-state index contributed by atoms with van der Waals surface area (Å²) in [6, 6.07) is 0. The van der Waals surface area contributed by atoms with Gasteiger partial charge in [0, 0.05) is 20.1 Å². The second-order valence-electron chi connectivity index (χ2n) is 3.38. The largest absolute Gasteiger partial charge is 0.471 e. The van der Waals surface area contributed by atoms with Crippen molar-refractivity contribution >= 4 is 5.97 Å². The monoisotopic (exact) mass is 211 g/mol. The van der Waals surface area contributed by atoms with Gasteiger partial charge >= 0.3 is 5.97 Å². The number of carbonyl (C=O) groups excluding carboxylic acids is 1. The second-order valence-corrected chi connectivity index (χ2v) is 3.38. The van der Waals surface area contributed by atoms with E-state index in [1.807, 2.05) is 0 Å². The number of hydrogen-bond donors (Lipinski definition) is 1. The molecule has 0 amide bonds. The summed E-state index contributed by atoms with van der Waals surface area (Å²) >= 11 is 0. The number of rotatable bonds is 3. The number of ether oxygens (including phenoxy) is 2. The zero-order valence-electron chi connectivity index (χ0n) is 8.69. The number of esters is 1. The van der Waals surface area contributed by atoms with E-state index >= 15 is 0 Å². The Morgan fingerprint density at radius 3 is 2.93 bits per heavy atom. The first-order valence-electron chi connectivity index (χ1n) is 4.70. The van der Waals surface area contributed by atoms with Crippen LogP contribution in [0.1, 0.15) is 10.4 Å². The summed E-state index contributed by atoms with van der Waals surface area (Å²) in [5, 5.41) is 7.05. The highest BCUT2D eigenvalue weighted by Gasteiger charge is 2.24. The molecule has 1 aliphatic rings. The molecule has 0 aromatic carbocycles. The molecule has 0 atom stereocenters. The summed E-state index contributed by atoms with van der Waals surface area (Å²) in [5.74, 6) is 0.0405. The minimum atomic E-state index is -0.426. The van der Waals surface area contributed by atoms with Gasteiger partial charge in [-0.15, -0.1) is 0 Å². The summed E-state index contributed by atoms with van der Waals surface area (Å²) in [7, 11) is 3.07. The lowest BCUT2D eigenvalue weighted by Crippen LogP contribution is -2.50. The first-order valence-corrected chi connectivity index (χ1v) is 4.70. The Hall–Kier alpha value is -1.56. The molecule has 1 aliphatic heterocycles. The molecule has 1 aromatic heterocycles. The summed E-state index contributed by atoms with van der Waals surface area (Å²) in [4.78, 5) is 11.4. The predicted molar refractivity (Wildman–Crippen MR) is 51.8 cm³/mol. The maximum Gasteiger partial charge on any atom is 0.345 e. The van der Waals surface area contributed by atoms with Gasteiger partial charge in [0.05, 0.1) is 13.3 Å². The maximum absolute atomic E-state index is 11.4. The molecule has 6 heteroatoms. The number of nitrogens with zero attached hydrogens (tertiary/aromatic N) is 2. The van der Waals surface area contributed by atoms with Crippen molar-refractivity contribution < 1.29 is 14.3 Å². The highest BCUT2D eigenvalue weighted by atomic mass is 16.5. The predicted octanol–water partition coefficient (Wildman–Crippen LogP) is -0.443. The Kier molecular flexibility index (Phi) is 2.59. The number of aromatic nitrogens is 2. The lowest BCUT2D eigenvalue weighted by Gasteiger charge is -2.27. The Balaban J connectivity index is 2.19. The SMILES string of the molecule is COC(=O)c1cnn(C)c1OC1CNC1. The Morgan fingerprint density at radius 2 is 2.40 bits per heavy atom. The normalized spacial score (nSPS) is 15.9. The fourth-order valence-corrected chi connectivity index (χ4v) is 1.32. The Bertz CT molecular complexity index is 371. The first kappa shape index (κ1) is 9.97. The van der Waals surface area contributed by atoms with E-state index in [0.717, 1.165) is 13.1 Å². The van der Waals surface area contributed by atoms with Crippen LogP contribution >= 0.6 is 0 Å². The smallest absolute Gasteiger partial charge is 0.345 e. The van der Waals surface area contributed by atoms with Crippen molar-refractivity contribution in [2.24, 2.45) is 7.05 Å². The van der Waals surface area contributed by atoms with Crippen LogP contribution in [-0.4, -0.2) is 42.1 Å². The molecule has 1 aromatic rings. The van der Waals surface area contributed by atoms with Gasteiger partial charge in [0.2, 0.25) is 5.88 Å². The molecule has 1 N–H and O–H groups in total. The molecule has 1 fully saturated rings. The third-order valence-electron chi connectivity index (χ3n) is 2.31. The van der Waals surface area contributed by atoms with E-state index in [2.05, 4.69) is 15.2 Å². The van der Waals surface area contributed by atoms with Crippen molar-refractivity contribution in [2.45, 2.75) is 6.10 Å². The molecular weight excluding hydrogens is 198 g/mol. The molecule has 0 radical (unpaired) electrons. The van der Waals surface area contributed by atoms with Crippen LogP contribution in [0.4, 0.5) is 0 Å². The molecular formula is C9H13N3O3. The Morgan fingerprint density at radius 1 is 1.67 bits per heavy atom.